The Morgan fingerprint density at radius 2 is 1.79 bits per heavy atom. The van der Waals surface area contributed by atoms with Crippen molar-refractivity contribution in [3.05, 3.63) is 76.5 Å². The van der Waals surface area contributed by atoms with Gasteiger partial charge in [-0.3, -0.25) is 9.59 Å². The first-order chi connectivity index (χ1) is 20.0. The van der Waals surface area contributed by atoms with Gasteiger partial charge in [0.2, 0.25) is 11.7 Å². The van der Waals surface area contributed by atoms with Crippen LogP contribution in [0.15, 0.2) is 59.1 Å². The van der Waals surface area contributed by atoms with Crippen LogP contribution in [0.3, 0.4) is 0 Å². The quantitative estimate of drug-likeness (QED) is 0.339. The Balaban J connectivity index is 1.29. The molecule has 0 radical (unpaired) electrons. The summed E-state index contributed by atoms with van der Waals surface area (Å²) in [4.78, 5) is 42.5. The topological polar surface area (TPSA) is 93.0 Å². The molecule has 42 heavy (non-hydrogen) atoms. The molecule has 222 valence electrons. The highest BCUT2D eigenvalue weighted by atomic mass is 35.5. The smallest absolute Gasteiger partial charge is 0.416 e. The van der Waals surface area contributed by atoms with Crippen LogP contribution in [-0.2, 0) is 26.9 Å². The van der Waals surface area contributed by atoms with Gasteiger partial charge in [0.15, 0.2) is 0 Å². The van der Waals surface area contributed by atoms with Gasteiger partial charge in [-0.2, -0.15) is 13.2 Å². The molecule has 1 spiro atoms. The van der Waals surface area contributed by atoms with E-state index in [0.717, 1.165) is 6.07 Å². The normalized spacial score (nSPS) is 18.4. The zero-order valence-corrected chi connectivity index (χ0v) is 23.6. The highest BCUT2D eigenvalue weighted by Gasteiger charge is 2.51. The summed E-state index contributed by atoms with van der Waals surface area (Å²) in [6, 6.07) is 12.6. The number of amides is 2. The lowest BCUT2D eigenvalue weighted by Gasteiger charge is -2.39. The molecule has 0 N–H and O–H groups in total. The van der Waals surface area contributed by atoms with Gasteiger partial charge in [-0.15, -0.1) is 0 Å². The molecule has 2 aliphatic heterocycles. The van der Waals surface area contributed by atoms with Gasteiger partial charge in [0.25, 0.3) is 5.91 Å². The van der Waals surface area contributed by atoms with E-state index in [-0.39, 0.29) is 30.9 Å². The van der Waals surface area contributed by atoms with Gasteiger partial charge in [-0.1, -0.05) is 47.1 Å². The molecule has 0 saturated carbocycles. The van der Waals surface area contributed by atoms with Crippen LogP contribution in [0.25, 0.3) is 11.3 Å². The van der Waals surface area contributed by atoms with Gasteiger partial charge in [0, 0.05) is 36.3 Å². The Labute approximate surface area is 245 Å². The number of nitrogens with zero attached hydrogens (tertiary/aromatic N) is 3. The van der Waals surface area contributed by atoms with Crippen molar-refractivity contribution in [1.82, 2.24) is 15.0 Å². The fourth-order valence-electron chi connectivity index (χ4n) is 5.81. The number of ether oxygens (including phenoxy) is 1. The molecule has 12 heteroatoms. The SMILES string of the molecule is CCOC(=O)C1CC2(CCN(C(=O)Cc3ccccc3C(F)(F)F)CC2)CN1C(=O)c1cc(-c2ccc(Cl)cc2)no1. The predicted molar refractivity (Wildman–Crippen MR) is 146 cm³/mol. The van der Waals surface area contributed by atoms with Gasteiger partial charge in [0.05, 0.1) is 18.6 Å². The largest absolute Gasteiger partial charge is 0.464 e. The molecule has 1 aromatic heterocycles. The third-order valence-electron chi connectivity index (χ3n) is 8.03. The number of alkyl halides is 3. The molecule has 2 fully saturated rings. The lowest BCUT2D eigenvalue weighted by atomic mass is 9.76. The average Bonchev–Trinajstić information content (AvgIpc) is 3.59. The summed E-state index contributed by atoms with van der Waals surface area (Å²) in [5.41, 5.74) is -0.208. The van der Waals surface area contributed by atoms with E-state index in [9.17, 15) is 27.6 Å². The minimum absolute atomic E-state index is 0.0257. The van der Waals surface area contributed by atoms with Crippen molar-refractivity contribution in [2.24, 2.45) is 5.41 Å². The fraction of sp³-hybridized carbons (Fsp3) is 0.400. The van der Waals surface area contributed by atoms with Crippen molar-refractivity contribution in [1.29, 1.82) is 0 Å². The number of hydrogen-bond acceptors (Lipinski definition) is 6. The molecule has 2 saturated heterocycles. The zero-order valence-electron chi connectivity index (χ0n) is 22.8. The van der Waals surface area contributed by atoms with E-state index in [1.54, 1.807) is 36.1 Å². The summed E-state index contributed by atoms with van der Waals surface area (Å²) in [6.07, 6.45) is -3.61. The summed E-state index contributed by atoms with van der Waals surface area (Å²) >= 11 is 5.96. The molecule has 8 nitrogen and oxygen atoms in total. The van der Waals surface area contributed by atoms with Crippen LogP contribution in [0.5, 0.6) is 0 Å². The highest BCUT2D eigenvalue weighted by Crippen LogP contribution is 2.44. The number of likely N-dealkylation sites (tertiary alicyclic amines) is 2. The molecular weight excluding hydrogens is 575 g/mol. The van der Waals surface area contributed by atoms with E-state index in [1.165, 1.54) is 29.2 Å². The van der Waals surface area contributed by atoms with E-state index < -0.39 is 41.0 Å². The van der Waals surface area contributed by atoms with Crippen LogP contribution in [0.2, 0.25) is 5.02 Å². The van der Waals surface area contributed by atoms with Gasteiger partial charge >= 0.3 is 12.1 Å². The summed E-state index contributed by atoms with van der Waals surface area (Å²) in [7, 11) is 0. The summed E-state index contributed by atoms with van der Waals surface area (Å²) < 4.78 is 50.9. The van der Waals surface area contributed by atoms with Crippen molar-refractivity contribution < 1.29 is 36.8 Å². The van der Waals surface area contributed by atoms with Crippen LogP contribution < -0.4 is 0 Å². The van der Waals surface area contributed by atoms with Crippen molar-refractivity contribution in [2.45, 2.75) is 44.8 Å². The molecule has 2 amide bonds. The van der Waals surface area contributed by atoms with Gasteiger partial charge < -0.3 is 19.1 Å². The number of carbonyl (C=O) groups is 3. The molecule has 3 aromatic rings. The number of benzene rings is 2. The maximum Gasteiger partial charge on any atom is 0.416 e. The number of esters is 1. The Morgan fingerprint density at radius 3 is 2.45 bits per heavy atom. The third kappa shape index (κ3) is 6.16. The third-order valence-corrected chi connectivity index (χ3v) is 8.28. The van der Waals surface area contributed by atoms with Gasteiger partial charge in [-0.05, 0) is 55.4 Å². The summed E-state index contributed by atoms with van der Waals surface area (Å²) in [5.74, 6) is -1.45. The number of carbonyl (C=O) groups excluding carboxylic acids is 3. The van der Waals surface area contributed by atoms with E-state index in [1.807, 2.05) is 0 Å². The van der Waals surface area contributed by atoms with E-state index in [0.29, 0.717) is 48.6 Å². The molecule has 1 unspecified atom stereocenters. The lowest BCUT2D eigenvalue weighted by molar-refractivity contribution is -0.148. The van der Waals surface area contributed by atoms with Crippen LogP contribution in [0.4, 0.5) is 13.2 Å². The van der Waals surface area contributed by atoms with Crippen LogP contribution in [0, 0.1) is 5.41 Å². The highest BCUT2D eigenvalue weighted by molar-refractivity contribution is 6.30. The van der Waals surface area contributed by atoms with Crippen molar-refractivity contribution in [3.63, 3.8) is 0 Å². The second-order valence-corrected chi connectivity index (χ2v) is 11.1. The Kier molecular flexibility index (Phi) is 8.32. The lowest BCUT2D eigenvalue weighted by Crippen LogP contribution is -2.45. The van der Waals surface area contributed by atoms with Crippen molar-refractivity contribution in [2.75, 3.05) is 26.2 Å². The second-order valence-electron chi connectivity index (χ2n) is 10.7. The summed E-state index contributed by atoms with van der Waals surface area (Å²) in [6.45, 7) is 2.67. The number of halogens is 4. The first kappa shape index (κ1) is 29.6. The maximum absolute atomic E-state index is 13.6. The minimum atomic E-state index is -4.55. The Hall–Kier alpha value is -3.86. The first-order valence-electron chi connectivity index (χ1n) is 13.6. The molecule has 2 aromatic carbocycles. The minimum Gasteiger partial charge on any atom is -0.464 e. The van der Waals surface area contributed by atoms with Crippen LogP contribution >= 0.6 is 11.6 Å². The number of aromatic nitrogens is 1. The monoisotopic (exact) mass is 603 g/mol. The number of hydrogen-bond donors (Lipinski definition) is 0. The molecule has 0 bridgehead atoms. The first-order valence-corrected chi connectivity index (χ1v) is 14.0. The molecule has 3 heterocycles. The molecule has 5 rings (SSSR count). The predicted octanol–water partition coefficient (Wildman–Crippen LogP) is 5.64. The van der Waals surface area contributed by atoms with Crippen molar-refractivity contribution in [3.8, 4) is 11.3 Å². The fourth-order valence-corrected chi connectivity index (χ4v) is 5.94. The van der Waals surface area contributed by atoms with Crippen LogP contribution in [-0.4, -0.2) is 65.0 Å². The standard InChI is InChI=1S/C30H29ClF3N3O5/c1-2-41-28(40)24-17-29(18-37(24)27(39)25-16-23(35-42-25)19-7-9-21(31)10-8-19)11-13-36(14-12-29)26(38)15-20-5-3-4-6-22(20)30(32,33)34/h3-10,16,24H,2,11-15,17-18H2,1H3. The number of piperidine rings is 1. The number of rotatable bonds is 6. The van der Waals surface area contributed by atoms with Gasteiger partial charge in [0.1, 0.15) is 11.7 Å². The zero-order chi connectivity index (χ0) is 30.1. The average molecular weight is 604 g/mol. The Bertz CT molecular complexity index is 1470. The second kappa shape index (κ2) is 11.8. The van der Waals surface area contributed by atoms with Gasteiger partial charge in [-0.25, -0.2) is 4.79 Å². The summed E-state index contributed by atoms with van der Waals surface area (Å²) in [5, 5.41) is 4.56. The maximum atomic E-state index is 13.6. The molecule has 2 aliphatic rings. The van der Waals surface area contributed by atoms with E-state index in [2.05, 4.69) is 5.16 Å². The van der Waals surface area contributed by atoms with Crippen molar-refractivity contribution >= 4 is 29.4 Å². The molecule has 1 atom stereocenters. The molecular formula is C30H29ClF3N3O5. The molecule has 0 aliphatic carbocycles. The van der Waals surface area contributed by atoms with E-state index >= 15 is 0 Å². The Morgan fingerprint density at radius 1 is 1.10 bits per heavy atom. The van der Waals surface area contributed by atoms with Crippen LogP contribution in [0.1, 0.15) is 47.9 Å². The van der Waals surface area contributed by atoms with E-state index in [4.69, 9.17) is 20.9 Å².